The Labute approximate surface area is 126 Å². The van der Waals surface area contributed by atoms with Gasteiger partial charge in [0, 0.05) is 12.6 Å². The molecule has 1 aromatic rings. The Bertz CT molecular complexity index is 418. The summed E-state index contributed by atoms with van der Waals surface area (Å²) < 4.78 is 12.1. The van der Waals surface area contributed by atoms with Gasteiger partial charge in [-0.3, -0.25) is 0 Å². The van der Waals surface area contributed by atoms with Crippen LogP contribution in [0.1, 0.15) is 37.7 Å². The van der Waals surface area contributed by atoms with E-state index in [-0.39, 0.29) is 18.6 Å². The molecule has 1 saturated carbocycles. The minimum absolute atomic E-state index is 0.0779. The van der Waals surface area contributed by atoms with Gasteiger partial charge in [-0.25, -0.2) is 9.18 Å². The SMILES string of the molecule is O=C(NCCF)NC(Cc1ccccc1)C1CCCCC1. The molecule has 2 rings (SSSR count). The molecule has 0 aromatic heterocycles. The summed E-state index contributed by atoms with van der Waals surface area (Å²) in [7, 11) is 0. The van der Waals surface area contributed by atoms with Crippen LogP contribution in [0.5, 0.6) is 0 Å². The summed E-state index contributed by atoms with van der Waals surface area (Å²) in [6.45, 7) is -0.450. The van der Waals surface area contributed by atoms with Gasteiger partial charge in [0.2, 0.25) is 0 Å². The second-order valence-electron chi connectivity index (χ2n) is 5.78. The molecule has 0 spiro atoms. The van der Waals surface area contributed by atoms with Crippen molar-refractivity contribution >= 4 is 6.03 Å². The van der Waals surface area contributed by atoms with Crippen molar-refractivity contribution < 1.29 is 9.18 Å². The molecule has 0 aliphatic heterocycles. The highest BCUT2D eigenvalue weighted by atomic mass is 19.1. The molecule has 1 aliphatic carbocycles. The van der Waals surface area contributed by atoms with Crippen molar-refractivity contribution in [3.63, 3.8) is 0 Å². The molecule has 0 saturated heterocycles. The fraction of sp³-hybridized carbons (Fsp3) is 0.588. The summed E-state index contributed by atoms with van der Waals surface area (Å²) in [5, 5.41) is 5.62. The Morgan fingerprint density at radius 2 is 1.90 bits per heavy atom. The quantitative estimate of drug-likeness (QED) is 0.828. The second kappa shape index (κ2) is 8.65. The Hall–Kier alpha value is -1.58. The van der Waals surface area contributed by atoms with Crippen LogP contribution in [0.25, 0.3) is 0 Å². The van der Waals surface area contributed by atoms with Crippen LogP contribution in [0.2, 0.25) is 0 Å². The Kier molecular flexibility index (Phi) is 6.51. The number of hydrogen-bond acceptors (Lipinski definition) is 1. The summed E-state index contributed by atoms with van der Waals surface area (Å²) in [5.74, 6) is 0.523. The number of benzene rings is 1. The third-order valence-electron chi connectivity index (χ3n) is 4.21. The minimum atomic E-state index is -0.528. The maximum atomic E-state index is 12.1. The molecule has 1 atom stereocenters. The van der Waals surface area contributed by atoms with Crippen molar-refractivity contribution in [2.24, 2.45) is 5.92 Å². The van der Waals surface area contributed by atoms with E-state index in [0.717, 1.165) is 6.42 Å². The molecule has 0 bridgehead atoms. The van der Waals surface area contributed by atoms with E-state index in [0.29, 0.717) is 5.92 Å². The minimum Gasteiger partial charge on any atom is -0.336 e. The van der Waals surface area contributed by atoms with Gasteiger partial charge in [-0.05, 0) is 30.7 Å². The zero-order valence-electron chi connectivity index (χ0n) is 12.5. The number of halogens is 1. The van der Waals surface area contributed by atoms with E-state index in [2.05, 4.69) is 22.8 Å². The van der Waals surface area contributed by atoms with Gasteiger partial charge >= 0.3 is 6.03 Å². The molecule has 1 unspecified atom stereocenters. The molecule has 4 heteroatoms. The standard InChI is InChI=1S/C17H25FN2O/c18-11-12-19-17(21)20-16(15-9-5-2-6-10-15)13-14-7-3-1-4-8-14/h1,3-4,7-8,15-16H,2,5-6,9-13H2,(H2,19,20,21). The predicted octanol–water partition coefficient (Wildman–Crippen LogP) is 3.45. The van der Waals surface area contributed by atoms with E-state index < -0.39 is 6.67 Å². The largest absolute Gasteiger partial charge is 0.336 e. The average Bonchev–Trinajstić information content (AvgIpc) is 2.54. The summed E-state index contributed by atoms with van der Waals surface area (Å²) >= 11 is 0. The Morgan fingerprint density at radius 1 is 1.19 bits per heavy atom. The fourth-order valence-corrected chi connectivity index (χ4v) is 3.12. The molecule has 2 amide bonds. The highest BCUT2D eigenvalue weighted by Gasteiger charge is 2.25. The second-order valence-corrected chi connectivity index (χ2v) is 5.78. The van der Waals surface area contributed by atoms with Gasteiger partial charge in [0.05, 0.1) is 0 Å². The van der Waals surface area contributed by atoms with Gasteiger partial charge in [-0.1, -0.05) is 49.6 Å². The van der Waals surface area contributed by atoms with Gasteiger partial charge in [0.25, 0.3) is 0 Å². The van der Waals surface area contributed by atoms with Gasteiger partial charge < -0.3 is 10.6 Å². The fourth-order valence-electron chi connectivity index (χ4n) is 3.12. The molecule has 1 aliphatic rings. The van der Waals surface area contributed by atoms with Crippen LogP contribution < -0.4 is 10.6 Å². The predicted molar refractivity (Wildman–Crippen MR) is 83.0 cm³/mol. The van der Waals surface area contributed by atoms with Crippen molar-refractivity contribution in [2.75, 3.05) is 13.2 Å². The van der Waals surface area contributed by atoms with E-state index >= 15 is 0 Å². The van der Waals surface area contributed by atoms with Crippen LogP contribution >= 0.6 is 0 Å². The van der Waals surface area contributed by atoms with Crippen LogP contribution in [0, 0.1) is 5.92 Å². The molecule has 116 valence electrons. The summed E-state index contributed by atoms with van der Waals surface area (Å²) in [6.07, 6.45) is 6.95. The first kappa shape index (κ1) is 15.8. The monoisotopic (exact) mass is 292 g/mol. The first-order valence-corrected chi connectivity index (χ1v) is 7.94. The smallest absolute Gasteiger partial charge is 0.315 e. The average molecular weight is 292 g/mol. The molecular formula is C17H25FN2O. The number of hydrogen-bond donors (Lipinski definition) is 2. The van der Waals surface area contributed by atoms with Gasteiger partial charge in [0.15, 0.2) is 0 Å². The van der Waals surface area contributed by atoms with Gasteiger partial charge in [0.1, 0.15) is 6.67 Å². The van der Waals surface area contributed by atoms with Crippen molar-refractivity contribution in [2.45, 2.75) is 44.6 Å². The van der Waals surface area contributed by atoms with Crippen molar-refractivity contribution in [3.8, 4) is 0 Å². The zero-order valence-corrected chi connectivity index (χ0v) is 12.5. The van der Waals surface area contributed by atoms with E-state index in [1.54, 1.807) is 0 Å². The van der Waals surface area contributed by atoms with Crippen LogP contribution in [-0.4, -0.2) is 25.3 Å². The first-order valence-electron chi connectivity index (χ1n) is 7.94. The van der Waals surface area contributed by atoms with Crippen LogP contribution in [0.3, 0.4) is 0 Å². The molecule has 1 aromatic carbocycles. The Balaban J connectivity index is 1.97. The summed E-state index contributed by atoms with van der Waals surface area (Å²) in [6, 6.07) is 10.1. The lowest BCUT2D eigenvalue weighted by atomic mass is 9.81. The number of carbonyl (C=O) groups excluding carboxylic acids is 1. The number of carbonyl (C=O) groups is 1. The summed E-state index contributed by atoms with van der Waals surface area (Å²) in [4.78, 5) is 11.9. The van der Waals surface area contributed by atoms with Crippen molar-refractivity contribution in [3.05, 3.63) is 35.9 Å². The number of amides is 2. The number of urea groups is 1. The lowest BCUT2D eigenvalue weighted by Gasteiger charge is -2.31. The number of alkyl halides is 1. The van der Waals surface area contributed by atoms with Crippen LogP contribution in [-0.2, 0) is 6.42 Å². The molecular weight excluding hydrogens is 267 g/mol. The lowest BCUT2D eigenvalue weighted by Crippen LogP contribution is -2.47. The van der Waals surface area contributed by atoms with Gasteiger partial charge in [-0.2, -0.15) is 0 Å². The van der Waals surface area contributed by atoms with Crippen LogP contribution in [0.4, 0.5) is 9.18 Å². The molecule has 0 radical (unpaired) electrons. The zero-order chi connectivity index (χ0) is 14.9. The summed E-state index contributed by atoms with van der Waals surface area (Å²) in [5.41, 5.74) is 1.24. The van der Waals surface area contributed by atoms with E-state index in [4.69, 9.17) is 0 Å². The van der Waals surface area contributed by atoms with Gasteiger partial charge in [-0.15, -0.1) is 0 Å². The third-order valence-corrected chi connectivity index (χ3v) is 4.21. The Morgan fingerprint density at radius 3 is 2.57 bits per heavy atom. The van der Waals surface area contributed by atoms with Crippen molar-refractivity contribution in [1.82, 2.24) is 10.6 Å². The topological polar surface area (TPSA) is 41.1 Å². The molecule has 2 N–H and O–H groups in total. The molecule has 0 heterocycles. The highest BCUT2D eigenvalue weighted by molar-refractivity contribution is 5.74. The highest BCUT2D eigenvalue weighted by Crippen LogP contribution is 2.28. The lowest BCUT2D eigenvalue weighted by molar-refractivity contribution is 0.220. The van der Waals surface area contributed by atoms with E-state index in [1.807, 2.05) is 18.2 Å². The van der Waals surface area contributed by atoms with Crippen LogP contribution in [0.15, 0.2) is 30.3 Å². The normalized spacial score (nSPS) is 17.2. The molecule has 21 heavy (non-hydrogen) atoms. The third kappa shape index (κ3) is 5.37. The van der Waals surface area contributed by atoms with E-state index in [9.17, 15) is 9.18 Å². The molecule has 3 nitrogen and oxygen atoms in total. The van der Waals surface area contributed by atoms with E-state index in [1.165, 1.54) is 37.7 Å². The maximum Gasteiger partial charge on any atom is 0.315 e. The molecule has 1 fully saturated rings. The maximum absolute atomic E-state index is 12.1. The number of nitrogens with one attached hydrogen (secondary N) is 2. The number of rotatable bonds is 6. The first-order chi connectivity index (χ1) is 10.3. The van der Waals surface area contributed by atoms with Crippen molar-refractivity contribution in [1.29, 1.82) is 0 Å².